The Balaban J connectivity index is 1.87. The zero-order valence-electron chi connectivity index (χ0n) is 13.0. The molecule has 1 saturated heterocycles. The third kappa shape index (κ3) is 3.59. The fourth-order valence-corrected chi connectivity index (χ4v) is 3.31. The largest absolute Gasteiger partial charge is 0.354 e. The van der Waals surface area contributed by atoms with E-state index in [0.717, 1.165) is 16.9 Å². The average molecular weight is 329 g/mol. The minimum Gasteiger partial charge on any atom is -0.354 e. The molecule has 3 rings (SSSR count). The van der Waals surface area contributed by atoms with Gasteiger partial charge in [-0.3, -0.25) is 9.59 Å². The van der Waals surface area contributed by atoms with Crippen molar-refractivity contribution in [2.75, 3.05) is 13.1 Å². The Bertz CT molecular complexity index is 699. The molecule has 1 aromatic heterocycles. The van der Waals surface area contributed by atoms with E-state index in [1.165, 1.54) is 11.5 Å². The van der Waals surface area contributed by atoms with Crippen molar-refractivity contribution in [3.8, 4) is 0 Å². The second-order valence-corrected chi connectivity index (χ2v) is 6.68. The average Bonchev–Trinajstić information content (AvgIpc) is 2.91. The van der Waals surface area contributed by atoms with E-state index in [9.17, 15) is 9.59 Å². The molecule has 120 valence electrons. The van der Waals surface area contributed by atoms with Crippen LogP contribution in [0.1, 0.15) is 27.3 Å². The number of rotatable bonds is 3. The van der Waals surface area contributed by atoms with Crippen molar-refractivity contribution < 1.29 is 9.59 Å². The van der Waals surface area contributed by atoms with Gasteiger partial charge >= 0.3 is 0 Å². The van der Waals surface area contributed by atoms with Gasteiger partial charge in [-0.1, -0.05) is 30.3 Å². The van der Waals surface area contributed by atoms with Gasteiger partial charge in [0.15, 0.2) is 0 Å². The van der Waals surface area contributed by atoms with Gasteiger partial charge in [-0.25, -0.2) is 0 Å². The molecular formula is C17H19N3O2S. The molecule has 2 amide bonds. The van der Waals surface area contributed by atoms with E-state index in [2.05, 4.69) is 9.69 Å². The molecule has 0 spiro atoms. The lowest BCUT2D eigenvalue weighted by molar-refractivity contribution is -0.124. The zero-order chi connectivity index (χ0) is 16.2. The number of carbonyl (C=O) groups is 2. The summed E-state index contributed by atoms with van der Waals surface area (Å²) in [5, 5.41) is 2.91. The number of benzene rings is 1. The van der Waals surface area contributed by atoms with Gasteiger partial charge < -0.3 is 10.2 Å². The van der Waals surface area contributed by atoms with Gasteiger partial charge in [-0.2, -0.15) is 4.37 Å². The maximum atomic E-state index is 12.8. The van der Waals surface area contributed by atoms with E-state index in [-0.39, 0.29) is 11.8 Å². The molecule has 2 heterocycles. The van der Waals surface area contributed by atoms with Crippen LogP contribution in [0.3, 0.4) is 0 Å². The van der Waals surface area contributed by atoms with E-state index < -0.39 is 6.04 Å². The normalized spacial score (nSPS) is 18.4. The van der Waals surface area contributed by atoms with E-state index in [4.69, 9.17) is 0 Å². The molecule has 1 atom stereocenters. The molecule has 0 bridgehead atoms. The fourth-order valence-electron chi connectivity index (χ4n) is 2.77. The quantitative estimate of drug-likeness (QED) is 0.937. The molecule has 1 fully saturated rings. The summed E-state index contributed by atoms with van der Waals surface area (Å²) in [5.74, 6) is -0.251. The minimum absolute atomic E-state index is 0.0911. The summed E-state index contributed by atoms with van der Waals surface area (Å²) in [5.41, 5.74) is 1.47. The van der Waals surface area contributed by atoms with Crippen LogP contribution in [-0.2, 0) is 11.2 Å². The topological polar surface area (TPSA) is 62.3 Å². The highest BCUT2D eigenvalue weighted by Gasteiger charge is 2.33. The Labute approximate surface area is 139 Å². The fraction of sp³-hybridized carbons (Fsp3) is 0.353. The first-order valence-corrected chi connectivity index (χ1v) is 8.48. The van der Waals surface area contributed by atoms with Crippen LogP contribution in [0.2, 0.25) is 0 Å². The first-order chi connectivity index (χ1) is 11.1. The lowest BCUT2D eigenvalue weighted by atomic mass is 10.0. The second kappa shape index (κ2) is 6.91. The summed E-state index contributed by atoms with van der Waals surface area (Å²) < 4.78 is 4.21. The monoisotopic (exact) mass is 329 g/mol. The summed E-state index contributed by atoms with van der Waals surface area (Å²) in [6.07, 6.45) is 1.27. The van der Waals surface area contributed by atoms with E-state index in [1.54, 1.807) is 11.0 Å². The van der Waals surface area contributed by atoms with Crippen LogP contribution in [0.4, 0.5) is 0 Å². The molecule has 2 aromatic rings. The molecular weight excluding hydrogens is 310 g/mol. The predicted octanol–water partition coefficient (Wildman–Crippen LogP) is 2.02. The molecule has 5 nitrogen and oxygen atoms in total. The number of hydrogen-bond acceptors (Lipinski definition) is 4. The molecule has 1 aliphatic rings. The number of nitrogens with zero attached hydrogens (tertiary/aromatic N) is 2. The summed E-state index contributed by atoms with van der Waals surface area (Å²) in [6.45, 7) is 3.08. The van der Waals surface area contributed by atoms with Crippen LogP contribution in [0.15, 0.2) is 36.4 Å². The summed E-state index contributed by atoms with van der Waals surface area (Å²) in [6, 6.07) is 11.1. The molecule has 1 N–H and O–H groups in total. The van der Waals surface area contributed by atoms with Gasteiger partial charge in [-0.05, 0) is 36.5 Å². The van der Waals surface area contributed by atoms with Gasteiger partial charge in [-0.15, -0.1) is 0 Å². The van der Waals surface area contributed by atoms with Crippen molar-refractivity contribution in [1.29, 1.82) is 0 Å². The number of nitrogens with one attached hydrogen (secondary N) is 1. The van der Waals surface area contributed by atoms with E-state index >= 15 is 0 Å². The number of amides is 2. The van der Waals surface area contributed by atoms with Crippen molar-refractivity contribution in [1.82, 2.24) is 14.6 Å². The van der Waals surface area contributed by atoms with Crippen molar-refractivity contribution >= 4 is 23.3 Å². The molecule has 1 aromatic carbocycles. The second-order valence-electron chi connectivity index (χ2n) is 5.67. The highest BCUT2D eigenvalue weighted by atomic mass is 32.1. The minimum atomic E-state index is -0.491. The maximum absolute atomic E-state index is 12.8. The van der Waals surface area contributed by atoms with Crippen LogP contribution in [0, 0.1) is 6.92 Å². The van der Waals surface area contributed by atoms with Crippen molar-refractivity contribution in [3.63, 3.8) is 0 Å². The smallest absolute Gasteiger partial charge is 0.274 e. The Morgan fingerprint density at radius 2 is 2.17 bits per heavy atom. The van der Waals surface area contributed by atoms with Gasteiger partial charge in [0.2, 0.25) is 5.91 Å². The lowest BCUT2D eigenvalue weighted by Crippen LogP contribution is -2.48. The number of aryl methyl sites for hydroxylation is 1. The van der Waals surface area contributed by atoms with Gasteiger partial charge in [0, 0.05) is 24.4 Å². The van der Waals surface area contributed by atoms with E-state index in [0.29, 0.717) is 25.2 Å². The standard InChI is InChI=1S/C17H19N3O2S/c1-12-10-14(19-23-12)17(22)20-9-5-8-18-16(21)15(20)11-13-6-3-2-4-7-13/h2-4,6-7,10,15H,5,8-9,11H2,1H3,(H,18,21)/t15-/m0/s1. The SMILES string of the molecule is Cc1cc(C(=O)N2CCCNC(=O)[C@@H]2Cc2ccccc2)ns1. The summed E-state index contributed by atoms with van der Waals surface area (Å²) in [4.78, 5) is 27.9. The molecule has 6 heteroatoms. The number of aromatic nitrogens is 1. The summed E-state index contributed by atoms with van der Waals surface area (Å²) >= 11 is 1.31. The molecule has 1 aliphatic heterocycles. The molecule has 0 unspecified atom stereocenters. The highest BCUT2D eigenvalue weighted by Crippen LogP contribution is 2.17. The zero-order valence-corrected chi connectivity index (χ0v) is 13.8. The molecule has 0 radical (unpaired) electrons. The van der Waals surface area contributed by atoms with Crippen LogP contribution in [0.5, 0.6) is 0 Å². The van der Waals surface area contributed by atoms with Crippen LogP contribution in [-0.4, -0.2) is 40.2 Å². The Morgan fingerprint density at radius 3 is 2.87 bits per heavy atom. The van der Waals surface area contributed by atoms with Crippen molar-refractivity contribution in [2.45, 2.75) is 25.8 Å². The summed E-state index contributed by atoms with van der Waals surface area (Å²) in [7, 11) is 0. The Hall–Kier alpha value is -2.21. The van der Waals surface area contributed by atoms with E-state index in [1.807, 2.05) is 37.3 Å². The van der Waals surface area contributed by atoms with Crippen LogP contribution < -0.4 is 5.32 Å². The number of carbonyl (C=O) groups excluding carboxylic acids is 2. The van der Waals surface area contributed by atoms with Crippen molar-refractivity contribution in [3.05, 3.63) is 52.5 Å². The highest BCUT2D eigenvalue weighted by molar-refractivity contribution is 7.05. The van der Waals surface area contributed by atoms with Crippen LogP contribution in [0.25, 0.3) is 0 Å². The first-order valence-electron chi connectivity index (χ1n) is 7.71. The lowest BCUT2D eigenvalue weighted by Gasteiger charge is -2.28. The first kappa shape index (κ1) is 15.7. The Kier molecular flexibility index (Phi) is 4.71. The van der Waals surface area contributed by atoms with Crippen molar-refractivity contribution in [2.24, 2.45) is 0 Å². The molecule has 0 saturated carbocycles. The number of hydrogen-bond donors (Lipinski definition) is 1. The predicted molar refractivity (Wildman–Crippen MR) is 89.4 cm³/mol. The Morgan fingerprint density at radius 1 is 1.39 bits per heavy atom. The van der Waals surface area contributed by atoms with Crippen LogP contribution >= 0.6 is 11.5 Å². The third-order valence-electron chi connectivity index (χ3n) is 3.93. The molecule has 23 heavy (non-hydrogen) atoms. The van der Waals surface area contributed by atoms with Gasteiger partial charge in [0.05, 0.1) is 0 Å². The van der Waals surface area contributed by atoms with Gasteiger partial charge in [0.25, 0.3) is 5.91 Å². The maximum Gasteiger partial charge on any atom is 0.274 e. The van der Waals surface area contributed by atoms with Gasteiger partial charge in [0.1, 0.15) is 11.7 Å². The third-order valence-corrected chi connectivity index (χ3v) is 4.63. The molecule has 0 aliphatic carbocycles.